The van der Waals surface area contributed by atoms with Gasteiger partial charge in [0, 0.05) is 32.2 Å². The predicted molar refractivity (Wildman–Crippen MR) is 105 cm³/mol. The monoisotopic (exact) mass is 420 g/mol. The molecular formula is C21H23F3N4O2. The maximum atomic E-state index is 12.8. The molecule has 1 unspecified atom stereocenters. The Morgan fingerprint density at radius 3 is 2.70 bits per heavy atom. The van der Waals surface area contributed by atoms with Crippen LogP contribution in [0.3, 0.4) is 0 Å². The highest BCUT2D eigenvalue weighted by Crippen LogP contribution is 2.30. The summed E-state index contributed by atoms with van der Waals surface area (Å²) in [4.78, 5) is 26.7. The van der Waals surface area contributed by atoms with Crippen LogP contribution in [0.5, 0.6) is 0 Å². The fraction of sp³-hybridized carbons (Fsp3) is 0.476. The van der Waals surface area contributed by atoms with Gasteiger partial charge < -0.3 is 10.2 Å². The van der Waals surface area contributed by atoms with Crippen LogP contribution in [0.25, 0.3) is 0 Å². The van der Waals surface area contributed by atoms with E-state index < -0.39 is 11.7 Å². The molecule has 4 rings (SSSR count). The molecule has 1 aliphatic heterocycles. The highest BCUT2D eigenvalue weighted by atomic mass is 19.4. The van der Waals surface area contributed by atoms with E-state index in [4.69, 9.17) is 0 Å². The molecule has 0 bridgehead atoms. The number of hydrogen-bond acceptors (Lipinski definition) is 4. The summed E-state index contributed by atoms with van der Waals surface area (Å²) in [5.41, 5.74) is 0.221. The van der Waals surface area contributed by atoms with Crippen LogP contribution in [-0.2, 0) is 24.1 Å². The van der Waals surface area contributed by atoms with E-state index in [-0.39, 0.29) is 23.9 Å². The zero-order chi connectivity index (χ0) is 21.3. The summed E-state index contributed by atoms with van der Waals surface area (Å²) in [7, 11) is 0. The van der Waals surface area contributed by atoms with Crippen molar-refractivity contribution in [3.8, 4) is 0 Å². The van der Waals surface area contributed by atoms with Crippen LogP contribution in [0.4, 0.5) is 18.9 Å². The van der Waals surface area contributed by atoms with Gasteiger partial charge in [-0.25, -0.2) is 4.68 Å². The number of alkyl halides is 3. The molecule has 1 aromatic heterocycles. The second-order valence-corrected chi connectivity index (χ2v) is 8.03. The first-order valence-electron chi connectivity index (χ1n) is 10.1. The van der Waals surface area contributed by atoms with Gasteiger partial charge in [-0.3, -0.25) is 9.59 Å². The second kappa shape index (κ2) is 8.12. The van der Waals surface area contributed by atoms with Crippen molar-refractivity contribution in [3.05, 3.63) is 58.0 Å². The SMILES string of the molecule is O=C(NCc1cccc(C(F)(F)F)c1)C1CCN(c2cnn(CC3CC3)c(=O)c2)C1. The van der Waals surface area contributed by atoms with Gasteiger partial charge >= 0.3 is 6.18 Å². The summed E-state index contributed by atoms with van der Waals surface area (Å²) >= 11 is 0. The molecule has 2 aromatic rings. The van der Waals surface area contributed by atoms with Gasteiger partial charge in [-0.1, -0.05) is 12.1 Å². The van der Waals surface area contributed by atoms with Gasteiger partial charge in [-0.05, 0) is 42.9 Å². The lowest BCUT2D eigenvalue weighted by atomic mass is 10.1. The van der Waals surface area contributed by atoms with Crippen molar-refractivity contribution in [2.45, 2.75) is 38.5 Å². The molecule has 0 spiro atoms. The lowest BCUT2D eigenvalue weighted by Gasteiger charge is -2.18. The first-order valence-corrected chi connectivity index (χ1v) is 10.1. The number of anilines is 1. The number of carbonyl (C=O) groups is 1. The van der Waals surface area contributed by atoms with Crippen molar-refractivity contribution in [2.24, 2.45) is 11.8 Å². The zero-order valence-corrected chi connectivity index (χ0v) is 16.4. The average molecular weight is 420 g/mol. The standard InChI is InChI=1S/C21H23F3N4O2/c22-21(23,24)17-3-1-2-15(8-17)10-25-20(30)16-6-7-27(13-16)18-9-19(29)28(26-11-18)12-14-4-5-14/h1-3,8-9,11,14,16H,4-7,10,12-13H2,(H,25,30). The van der Waals surface area contributed by atoms with Crippen molar-refractivity contribution < 1.29 is 18.0 Å². The number of hydrogen-bond donors (Lipinski definition) is 1. The van der Waals surface area contributed by atoms with E-state index in [1.807, 2.05) is 4.90 Å². The highest BCUT2D eigenvalue weighted by Gasteiger charge is 2.31. The minimum Gasteiger partial charge on any atom is -0.369 e. The highest BCUT2D eigenvalue weighted by molar-refractivity contribution is 5.80. The summed E-state index contributed by atoms with van der Waals surface area (Å²) in [5, 5.41) is 6.97. The number of nitrogens with zero attached hydrogens (tertiary/aromatic N) is 3. The summed E-state index contributed by atoms with van der Waals surface area (Å²) in [6, 6.07) is 6.49. The Hall–Kier alpha value is -2.84. The summed E-state index contributed by atoms with van der Waals surface area (Å²) in [5.74, 6) is 0.0624. The van der Waals surface area contributed by atoms with Crippen LogP contribution in [0.15, 0.2) is 41.3 Å². The van der Waals surface area contributed by atoms with E-state index in [0.29, 0.717) is 43.2 Å². The van der Waals surface area contributed by atoms with Crippen LogP contribution in [0.2, 0.25) is 0 Å². The molecule has 160 valence electrons. The van der Waals surface area contributed by atoms with Crippen molar-refractivity contribution >= 4 is 11.6 Å². The van der Waals surface area contributed by atoms with Crippen molar-refractivity contribution in [3.63, 3.8) is 0 Å². The molecule has 0 radical (unpaired) electrons. The zero-order valence-electron chi connectivity index (χ0n) is 16.4. The van der Waals surface area contributed by atoms with Gasteiger partial charge in [0.15, 0.2) is 0 Å². The maximum Gasteiger partial charge on any atom is 0.416 e. The van der Waals surface area contributed by atoms with E-state index in [0.717, 1.165) is 25.0 Å². The molecule has 6 nitrogen and oxygen atoms in total. The molecule has 30 heavy (non-hydrogen) atoms. The predicted octanol–water partition coefficient (Wildman–Crippen LogP) is 2.81. The van der Waals surface area contributed by atoms with E-state index in [1.54, 1.807) is 18.3 Å². The van der Waals surface area contributed by atoms with Crippen molar-refractivity contribution in [1.82, 2.24) is 15.1 Å². The molecule has 1 aliphatic carbocycles. The third-order valence-corrected chi connectivity index (χ3v) is 5.63. The van der Waals surface area contributed by atoms with Crippen LogP contribution in [-0.4, -0.2) is 28.8 Å². The minimum absolute atomic E-state index is 0.0397. The van der Waals surface area contributed by atoms with E-state index >= 15 is 0 Å². The van der Waals surface area contributed by atoms with Gasteiger partial charge in [0.1, 0.15) is 0 Å². The number of nitrogens with one attached hydrogen (secondary N) is 1. The third-order valence-electron chi connectivity index (χ3n) is 5.63. The first-order chi connectivity index (χ1) is 14.3. The number of aromatic nitrogens is 2. The fourth-order valence-electron chi connectivity index (χ4n) is 3.68. The largest absolute Gasteiger partial charge is 0.416 e. The summed E-state index contributed by atoms with van der Waals surface area (Å²) < 4.78 is 39.9. The van der Waals surface area contributed by atoms with Gasteiger partial charge in [-0.2, -0.15) is 18.3 Å². The Balaban J connectivity index is 1.32. The summed E-state index contributed by atoms with van der Waals surface area (Å²) in [6.07, 6.45) is 0.137. The number of carbonyl (C=O) groups excluding carboxylic acids is 1. The quantitative estimate of drug-likeness (QED) is 0.781. The van der Waals surface area contributed by atoms with E-state index in [9.17, 15) is 22.8 Å². The van der Waals surface area contributed by atoms with Gasteiger partial charge in [0.2, 0.25) is 5.91 Å². The molecule has 1 saturated carbocycles. The molecule has 2 aliphatic rings. The second-order valence-electron chi connectivity index (χ2n) is 8.03. The molecular weight excluding hydrogens is 397 g/mol. The fourth-order valence-corrected chi connectivity index (χ4v) is 3.68. The molecule has 2 heterocycles. The Bertz CT molecular complexity index is 985. The molecule has 9 heteroatoms. The summed E-state index contributed by atoms with van der Waals surface area (Å²) in [6.45, 7) is 1.76. The Morgan fingerprint density at radius 2 is 2.00 bits per heavy atom. The van der Waals surface area contributed by atoms with Crippen molar-refractivity contribution in [2.75, 3.05) is 18.0 Å². The maximum absolute atomic E-state index is 12.8. The molecule has 1 N–H and O–H groups in total. The van der Waals surface area contributed by atoms with Crippen LogP contribution >= 0.6 is 0 Å². The van der Waals surface area contributed by atoms with Crippen LogP contribution in [0, 0.1) is 11.8 Å². The average Bonchev–Trinajstić information content (AvgIpc) is 3.39. The molecule has 1 aromatic carbocycles. The van der Waals surface area contributed by atoms with Crippen LogP contribution < -0.4 is 15.8 Å². The van der Waals surface area contributed by atoms with Gasteiger partial charge in [-0.15, -0.1) is 0 Å². The lowest BCUT2D eigenvalue weighted by molar-refractivity contribution is -0.137. The Labute approximate surface area is 171 Å². The molecule has 1 atom stereocenters. The van der Waals surface area contributed by atoms with Gasteiger partial charge in [0.05, 0.1) is 23.4 Å². The number of halogens is 3. The third kappa shape index (κ3) is 4.83. The molecule has 1 saturated heterocycles. The Morgan fingerprint density at radius 1 is 1.20 bits per heavy atom. The molecule has 1 amide bonds. The van der Waals surface area contributed by atoms with Crippen molar-refractivity contribution in [1.29, 1.82) is 0 Å². The minimum atomic E-state index is -4.41. The Kier molecular flexibility index (Phi) is 5.53. The van der Waals surface area contributed by atoms with Crippen LogP contribution in [0.1, 0.15) is 30.4 Å². The number of amides is 1. The first kappa shape index (κ1) is 20.4. The molecule has 2 fully saturated rings. The normalized spacial score (nSPS) is 19.2. The topological polar surface area (TPSA) is 67.2 Å². The lowest BCUT2D eigenvalue weighted by Crippen LogP contribution is -2.33. The van der Waals surface area contributed by atoms with E-state index in [1.165, 1.54) is 10.7 Å². The number of benzene rings is 1. The number of rotatable bonds is 6. The van der Waals surface area contributed by atoms with E-state index in [2.05, 4.69) is 10.4 Å². The van der Waals surface area contributed by atoms with Gasteiger partial charge in [0.25, 0.3) is 5.56 Å². The smallest absolute Gasteiger partial charge is 0.369 e.